The van der Waals surface area contributed by atoms with E-state index in [1.165, 1.54) is 12.0 Å². The molecule has 0 unspecified atom stereocenters. The zero-order valence-corrected chi connectivity index (χ0v) is 18.7. The number of allylic oxidation sites excluding steroid dienone is 2. The van der Waals surface area contributed by atoms with Crippen LogP contribution in [0.3, 0.4) is 0 Å². The minimum absolute atomic E-state index is 0.0177. The predicted molar refractivity (Wildman–Crippen MR) is 123 cm³/mol. The van der Waals surface area contributed by atoms with E-state index in [-0.39, 0.29) is 31.2 Å². The SMILES string of the molecule is C=CCC1(CC=C)C(=O)N(C(=O)c2ccccc2)C(=O)N(COC)C1=NC1CCCCC1. The third kappa shape index (κ3) is 4.43. The van der Waals surface area contributed by atoms with E-state index in [4.69, 9.17) is 9.73 Å². The molecule has 1 saturated heterocycles. The van der Waals surface area contributed by atoms with Crippen molar-refractivity contribution in [2.24, 2.45) is 10.4 Å². The molecule has 1 aliphatic heterocycles. The van der Waals surface area contributed by atoms with Gasteiger partial charge in [0.05, 0.1) is 6.04 Å². The first kappa shape index (κ1) is 23.6. The molecule has 170 valence electrons. The van der Waals surface area contributed by atoms with Crippen LogP contribution in [-0.2, 0) is 9.53 Å². The lowest BCUT2D eigenvalue weighted by Gasteiger charge is -2.45. The Balaban J connectivity index is 2.16. The summed E-state index contributed by atoms with van der Waals surface area (Å²) in [6.45, 7) is 7.55. The summed E-state index contributed by atoms with van der Waals surface area (Å²) in [6.07, 6.45) is 8.77. The van der Waals surface area contributed by atoms with Crippen LogP contribution in [0.15, 0.2) is 60.6 Å². The average Bonchev–Trinajstić information content (AvgIpc) is 2.81. The summed E-state index contributed by atoms with van der Waals surface area (Å²) < 4.78 is 5.31. The molecule has 1 aliphatic carbocycles. The van der Waals surface area contributed by atoms with Crippen molar-refractivity contribution in [3.63, 3.8) is 0 Å². The van der Waals surface area contributed by atoms with Crippen molar-refractivity contribution in [1.29, 1.82) is 0 Å². The topological polar surface area (TPSA) is 79.3 Å². The summed E-state index contributed by atoms with van der Waals surface area (Å²) in [4.78, 5) is 47.7. The van der Waals surface area contributed by atoms with Gasteiger partial charge in [-0.3, -0.25) is 19.5 Å². The molecular weight excluding hydrogens is 406 g/mol. The first-order valence-corrected chi connectivity index (χ1v) is 11.0. The molecule has 1 saturated carbocycles. The lowest BCUT2D eigenvalue weighted by molar-refractivity contribution is -0.135. The monoisotopic (exact) mass is 437 g/mol. The molecular formula is C25H31N3O4. The minimum Gasteiger partial charge on any atom is -0.364 e. The smallest absolute Gasteiger partial charge is 0.341 e. The number of hydrogen-bond donors (Lipinski definition) is 0. The fourth-order valence-electron chi connectivity index (χ4n) is 4.51. The van der Waals surface area contributed by atoms with Crippen molar-refractivity contribution in [3.8, 4) is 0 Å². The van der Waals surface area contributed by atoms with Gasteiger partial charge >= 0.3 is 6.03 Å². The van der Waals surface area contributed by atoms with Gasteiger partial charge in [-0.15, -0.1) is 13.2 Å². The number of rotatable bonds is 8. The third-order valence-corrected chi connectivity index (χ3v) is 6.07. The molecule has 1 heterocycles. The Morgan fingerprint density at radius 2 is 1.75 bits per heavy atom. The standard InChI is InChI=1S/C25H31N3O4/c1-4-16-25(17-5-2)22(26-20-14-10-7-11-15-20)27(18-32-3)24(31)28(23(25)30)21(29)19-12-8-6-9-13-19/h4-6,8-9,12-13,20H,1-2,7,10-11,14-18H2,3H3. The van der Waals surface area contributed by atoms with Crippen molar-refractivity contribution in [2.75, 3.05) is 13.8 Å². The minimum atomic E-state index is -1.25. The van der Waals surface area contributed by atoms with Crippen molar-refractivity contribution in [1.82, 2.24) is 9.80 Å². The summed E-state index contributed by atoms with van der Waals surface area (Å²) in [5.41, 5.74) is -0.997. The summed E-state index contributed by atoms with van der Waals surface area (Å²) in [7, 11) is 1.47. The highest BCUT2D eigenvalue weighted by molar-refractivity contribution is 6.28. The van der Waals surface area contributed by atoms with E-state index < -0.39 is 23.3 Å². The molecule has 7 heteroatoms. The molecule has 0 atom stereocenters. The quantitative estimate of drug-likeness (QED) is 0.441. The van der Waals surface area contributed by atoms with Crippen LogP contribution >= 0.6 is 0 Å². The number of nitrogens with zero attached hydrogens (tertiary/aromatic N) is 3. The molecule has 0 N–H and O–H groups in total. The Morgan fingerprint density at radius 1 is 1.12 bits per heavy atom. The number of carbonyl (C=O) groups is 3. The Bertz CT molecular complexity index is 893. The van der Waals surface area contributed by atoms with Crippen LogP contribution in [0.1, 0.15) is 55.3 Å². The normalized spacial score (nSPS) is 20.5. The van der Waals surface area contributed by atoms with Gasteiger partial charge in [-0.05, 0) is 37.8 Å². The molecule has 0 aromatic heterocycles. The third-order valence-electron chi connectivity index (χ3n) is 6.07. The lowest BCUT2D eigenvalue weighted by atomic mass is 9.76. The fraction of sp³-hybridized carbons (Fsp3) is 0.440. The number of benzene rings is 1. The van der Waals surface area contributed by atoms with Gasteiger partial charge in [0.15, 0.2) is 0 Å². The summed E-state index contributed by atoms with van der Waals surface area (Å²) >= 11 is 0. The zero-order chi connectivity index (χ0) is 23.1. The first-order valence-electron chi connectivity index (χ1n) is 11.0. The van der Waals surface area contributed by atoms with E-state index in [2.05, 4.69) is 13.2 Å². The molecule has 7 nitrogen and oxygen atoms in total. The Kier molecular flexibility index (Phi) is 7.75. The highest BCUT2D eigenvalue weighted by atomic mass is 16.5. The maximum Gasteiger partial charge on any atom is 0.341 e. The first-order chi connectivity index (χ1) is 15.5. The molecule has 2 aliphatic rings. The van der Waals surface area contributed by atoms with Crippen LogP contribution in [0.4, 0.5) is 4.79 Å². The van der Waals surface area contributed by atoms with Crippen LogP contribution < -0.4 is 0 Å². The largest absolute Gasteiger partial charge is 0.364 e. The second kappa shape index (κ2) is 10.5. The second-order valence-corrected chi connectivity index (χ2v) is 8.25. The maximum atomic E-state index is 13.9. The van der Waals surface area contributed by atoms with E-state index in [1.807, 2.05) is 0 Å². The fourth-order valence-corrected chi connectivity index (χ4v) is 4.51. The van der Waals surface area contributed by atoms with Crippen LogP contribution in [0.2, 0.25) is 0 Å². The number of hydrogen-bond acceptors (Lipinski definition) is 5. The average molecular weight is 438 g/mol. The number of imide groups is 3. The number of amides is 4. The summed E-state index contributed by atoms with van der Waals surface area (Å²) in [5, 5.41) is 0. The van der Waals surface area contributed by atoms with Gasteiger partial charge in [-0.1, -0.05) is 49.6 Å². The van der Waals surface area contributed by atoms with Crippen LogP contribution in [-0.4, -0.2) is 53.4 Å². The summed E-state index contributed by atoms with van der Waals surface area (Å²) in [5.74, 6) is -0.924. The second-order valence-electron chi connectivity index (χ2n) is 8.25. The van der Waals surface area contributed by atoms with E-state index in [0.717, 1.165) is 37.0 Å². The number of aliphatic imine (C=N–C) groups is 1. The maximum absolute atomic E-state index is 13.9. The number of carbonyl (C=O) groups excluding carboxylic acids is 3. The van der Waals surface area contributed by atoms with Gasteiger partial charge in [0, 0.05) is 12.7 Å². The van der Waals surface area contributed by atoms with Crippen LogP contribution in [0.5, 0.6) is 0 Å². The van der Waals surface area contributed by atoms with Crippen molar-refractivity contribution < 1.29 is 19.1 Å². The van der Waals surface area contributed by atoms with Crippen LogP contribution in [0, 0.1) is 5.41 Å². The molecule has 1 aromatic carbocycles. The van der Waals surface area contributed by atoms with Crippen molar-refractivity contribution >= 4 is 23.7 Å². The Hall–Kier alpha value is -3.06. The number of methoxy groups -OCH3 is 1. The van der Waals surface area contributed by atoms with Gasteiger partial charge in [0.1, 0.15) is 18.0 Å². The highest BCUT2D eigenvalue weighted by Crippen LogP contribution is 2.39. The molecule has 0 spiro atoms. The Morgan fingerprint density at radius 3 is 2.31 bits per heavy atom. The molecule has 4 amide bonds. The lowest BCUT2D eigenvalue weighted by Crippen LogP contribution is -2.66. The Labute approximate surface area is 189 Å². The molecule has 0 radical (unpaired) electrons. The van der Waals surface area contributed by atoms with E-state index in [9.17, 15) is 14.4 Å². The highest BCUT2D eigenvalue weighted by Gasteiger charge is 2.56. The van der Waals surface area contributed by atoms with Gasteiger partial charge in [0.25, 0.3) is 11.8 Å². The number of ether oxygens (including phenoxy) is 1. The van der Waals surface area contributed by atoms with Crippen LogP contribution in [0.25, 0.3) is 0 Å². The van der Waals surface area contributed by atoms with Gasteiger partial charge < -0.3 is 4.74 Å². The molecule has 32 heavy (non-hydrogen) atoms. The van der Waals surface area contributed by atoms with Gasteiger partial charge in [-0.2, -0.15) is 4.90 Å². The molecule has 1 aromatic rings. The number of urea groups is 1. The van der Waals surface area contributed by atoms with Gasteiger partial charge in [-0.25, -0.2) is 4.79 Å². The predicted octanol–water partition coefficient (Wildman–Crippen LogP) is 4.56. The molecule has 3 rings (SSSR count). The van der Waals surface area contributed by atoms with E-state index in [0.29, 0.717) is 5.84 Å². The summed E-state index contributed by atoms with van der Waals surface area (Å²) in [6, 6.07) is 7.58. The van der Waals surface area contributed by atoms with Crippen molar-refractivity contribution in [2.45, 2.75) is 51.0 Å². The number of amidine groups is 1. The zero-order valence-electron chi connectivity index (χ0n) is 18.7. The van der Waals surface area contributed by atoms with E-state index in [1.54, 1.807) is 42.5 Å². The molecule has 0 bridgehead atoms. The van der Waals surface area contributed by atoms with Crippen molar-refractivity contribution in [3.05, 3.63) is 61.2 Å². The van der Waals surface area contributed by atoms with E-state index >= 15 is 0 Å². The molecule has 2 fully saturated rings. The van der Waals surface area contributed by atoms with Gasteiger partial charge in [0.2, 0.25) is 0 Å².